The number of carbonyl (C=O) groups is 3. The summed E-state index contributed by atoms with van der Waals surface area (Å²) in [6.07, 6.45) is 0. The van der Waals surface area contributed by atoms with E-state index < -0.39 is 29.3 Å². The van der Waals surface area contributed by atoms with Gasteiger partial charge in [0, 0.05) is 28.4 Å². The highest BCUT2D eigenvalue weighted by Crippen LogP contribution is 2.28. The van der Waals surface area contributed by atoms with Crippen LogP contribution in [-0.4, -0.2) is 22.8 Å². The molecule has 9 heteroatoms. The summed E-state index contributed by atoms with van der Waals surface area (Å²) >= 11 is 6.36. The number of halogens is 3. The maximum Gasteiger partial charge on any atom is 0.337 e. The SMILES string of the molecule is Cc1ccc(C(=O)Nc2ccccc2C(=O)O)cc1C(=O)c1ccc(Nc2ccc(F)cc2F)cc1Cl. The summed E-state index contributed by atoms with van der Waals surface area (Å²) in [7, 11) is 0. The van der Waals surface area contributed by atoms with Gasteiger partial charge in [0.25, 0.3) is 5.91 Å². The van der Waals surface area contributed by atoms with Gasteiger partial charge in [-0.1, -0.05) is 29.8 Å². The largest absolute Gasteiger partial charge is 0.478 e. The highest BCUT2D eigenvalue weighted by molar-refractivity contribution is 6.35. The molecule has 0 bridgehead atoms. The van der Waals surface area contributed by atoms with E-state index in [0.29, 0.717) is 11.3 Å². The number of ketones is 1. The summed E-state index contributed by atoms with van der Waals surface area (Å²) in [5, 5.41) is 14.8. The van der Waals surface area contributed by atoms with Gasteiger partial charge in [0.15, 0.2) is 5.78 Å². The minimum absolute atomic E-state index is 0.0376. The second kappa shape index (κ2) is 10.6. The molecular weight excluding hydrogens is 502 g/mol. The topological polar surface area (TPSA) is 95.5 Å². The summed E-state index contributed by atoms with van der Waals surface area (Å²) in [4.78, 5) is 37.6. The van der Waals surface area contributed by atoms with Crippen LogP contribution < -0.4 is 10.6 Å². The zero-order valence-electron chi connectivity index (χ0n) is 19.3. The number of carbonyl (C=O) groups excluding carboxylic acids is 2. The number of carboxylic acid groups (broad SMARTS) is 1. The molecule has 1 amide bonds. The van der Waals surface area contributed by atoms with Gasteiger partial charge in [0.1, 0.15) is 11.6 Å². The molecule has 0 fully saturated rings. The third-order valence-corrected chi connectivity index (χ3v) is 5.89. The second-order valence-electron chi connectivity index (χ2n) is 8.11. The summed E-state index contributed by atoms with van der Waals surface area (Å²) in [6, 6.07) is 18.0. The van der Waals surface area contributed by atoms with Crippen LogP contribution in [-0.2, 0) is 0 Å². The fraction of sp³-hybridized carbons (Fsp3) is 0.0357. The zero-order valence-corrected chi connectivity index (χ0v) is 20.1. The van der Waals surface area contributed by atoms with E-state index in [0.717, 1.165) is 12.1 Å². The van der Waals surface area contributed by atoms with Crippen molar-refractivity contribution in [3.05, 3.63) is 123 Å². The number of amides is 1. The lowest BCUT2D eigenvalue weighted by atomic mass is 9.96. The van der Waals surface area contributed by atoms with Gasteiger partial charge in [0.2, 0.25) is 0 Å². The van der Waals surface area contributed by atoms with Crippen molar-refractivity contribution in [2.75, 3.05) is 10.6 Å². The van der Waals surface area contributed by atoms with Crippen LogP contribution in [0.2, 0.25) is 5.02 Å². The minimum Gasteiger partial charge on any atom is -0.478 e. The number of benzene rings is 4. The lowest BCUT2D eigenvalue weighted by molar-refractivity contribution is 0.0697. The Hall–Kier alpha value is -4.56. The summed E-state index contributed by atoms with van der Waals surface area (Å²) in [5.74, 6) is -3.71. The van der Waals surface area contributed by atoms with Gasteiger partial charge in [-0.25, -0.2) is 13.6 Å². The van der Waals surface area contributed by atoms with Crippen molar-refractivity contribution in [2.45, 2.75) is 6.92 Å². The van der Waals surface area contributed by atoms with Crippen LogP contribution in [0.25, 0.3) is 0 Å². The summed E-state index contributed by atoms with van der Waals surface area (Å²) < 4.78 is 27.1. The fourth-order valence-corrected chi connectivity index (χ4v) is 3.92. The Morgan fingerprint density at radius 2 is 1.57 bits per heavy atom. The maximum absolute atomic E-state index is 14.0. The van der Waals surface area contributed by atoms with Crippen LogP contribution in [0.3, 0.4) is 0 Å². The smallest absolute Gasteiger partial charge is 0.337 e. The molecule has 0 aliphatic heterocycles. The molecule has 4 aromatic carbocycles. The van der Waals surface area contributed by atoms with E-state index in [1.54, 1.807) is 25.1 Å². The Morgan fingerprint density at radius 1 is 0.811 bits per heavy atom. The Morgan fingerprint density at radius 3 is 2.27 bits per heavy atom. The number of para-hydroxylation sites is 1. The molecule has 0 unspecified atom stereocenters. The molecule has 0 radical (unpaired) electrons. The van der Waals surface area contributed by atoms with E-state index in [4.69, 9.17) is 11.6 Å². The molecule has 4 rings (SSSR count). The monoisotopic (exact) mass is 520 g/mol. The Bertz CT molecular complexity index is 1560. The molecule has 0 aromatic heterocycles. The quantitative estimate of drug-likeness (QED) is 0.232. The van der Waals surface area contributed by atoms with E-state index in [2.05, 4.69) is 10.6 Å². The molecule has 37 heavy (non-hydrogen) atoms. The molecule has 0 spiro atoms. The first-order chi connectivity index (χ1) is 17.6. The standard InChI is InChI=1S/C28H19ClF2N2O4/c1-15-6-7-16(27(35)33-24-5-3-2-4-20(24)28(36)37)12-21(15)26(34)19-10-9-18(14-22(19)29)32-25-11-8-17(30)13-23(25)31/h2-14,32H,1H3,(H,33,35)(H,36,37). The average molecular weight is 521 g/mol. The van der Waals surface area contributed by atoms with E-state index in [1.807, 2.05) is 0 Å². The number of nitrogens with one attached hydrogen (secondary N) is 2. The third-order valence-electron chi connectivity index (χ3n) is 5.57. The van der Waals surface area contributed by atoms with Crippen molar-refractivity contribution in [3.63, 3.8) is 0 Å². The molecular formula is C28H19ClF2N2O4. The Balaban J connectivity index is 1.58. The molecule has 3 N–H and O–H groups in total. The number of carboxylic acids is 1. The van der Waals surface area contributed by atoms with Crippen LogP contribution >= 0.6 is 11.6 Å². The van der Waals surface area contributed by atoms with Crippen molar-refractivity contribution < 1.29 is 28.3 Å². The Kier molecular flexibility index (Phi) is 7.31. The van der Waals surface area contributed by atoms with Crippen molar-refractivity contribution in [1.82, 2.24) is 0 Å². The lowest BCUT2D eigenvalue weighted by Crippen LogP contribution is -2.16. The maximum atomic E-state index is 14.0. The zero-order chi connectivity index (χ0) is 26.7. The van der Waals surface area contributed by atoms with Gasteiger partial charge >= 0.3 is 5.97 Å². The molecule has 0 saturated heterocycles. The predicted octanol–water partition coefficient (Wildman–Crippen LogP) is 6.85. The first-order valence-electron chi connectivity index (χ1n) is 10.9. The molecule has 0 aliphatic carbocycles. The number of aromatic carboxylic acids is 1. The van der Waals surface area contributed by atoms with Gasteiger partial charge in [-0.05, 0) is 67.1 Å². The number of hydrogen-bond donors (Lipinski definition) is 3. The van der Waals surface area contributed by atoms with E-state index in [9.17, 15) is 28.3 Å². The van der Waals surface area contributed by atoms with Crippen LogP contribution in [0.4, 0.5) is 25.8 Å². The molecule has 186 valence electrons. The van der Waals surface area contributed by atoms with E-state index in [-0.39, 0.29) is 38.7 Å². The molecule has 6 nitrogen and oxygen atoms in total. The number of rotatable bonds is 7. The molecule has 4 aromatic rings. The van der Waals surface area contributed by atoms with Crippen LogP contribution in [0, 0.1) is 18.6 Å². The van der Waals surface area contributed by atoms with E-state index in [1.165, 1.54) is 48.5 Å². The lowest BCUT2D eigenvalue weighted by Gasteiger charge is -2.13. The van der Waals surface area contributed by atoms with Crippen LogP contribution in [0.15, 0.2) is 78.9 Å². The Labute approximate surface area is 215 Å². The second-order valence-corrected chi connectivity index (χ2v) is 8.51. The van der Waals surface area contributed by atoms with Crippen molar-refractivity contribution in [1.29, 1.82) is 0 Å². The molecule has 0 heterocycles. The van der Waals surface area contributed by atoms with E-state index >= 15 is 0 Å². The normalized spacial score (nSPS) is 10.6. The van der Waals surface area contributed by atoms with Gasteiger partial charge < -0.3 is 15.7 Å². The highest BCUT2D eigenvalue weighted by Gasteiger charge is 2.19. The first kappa shape index (κ1) is 25.5. The number of hydrogen-bond acceptors (Lipinski definition) is 4. The van der Waals surface area contributed by atoms with Gasteiger partial charge in [-0.15, -0.1) is 0 Å². The number of aryl methyl sites for hydroxylation is 1. The van der Waals surface area contributed by atoms with Crippen LogP contribution in [0.1, 0.15) is 42.2 Å². The highest BCUT2D eigenvalue weighted by atomic mass is 35.5. The predicted molar refractivity (Wildman–Crippen MR) is 137 cm³/mol. The van der Waals surface area contributed by atoms with Gasteiger partial charge in [0.05, 0.1) is 22.0 Å². The summed E-state index contributed by atoms with van der Waals surface area (Å²) in [5.41, 5.74) is 1.60. The van der Waals surface area contributed by atoms with Crippen LogP contribution in [0.5, 0.6) is 0 Å². The molecule has 0 atom stereocenters. The average Bonchev–Trinajstić information content (AvgIpc) is 2.86. The molecule has 0 aliphatic rings. The fourth-order valence-electron chi connectivity index (χ4n) is 3.65. The van der Waals surface area contributed by atoms with Gasteiger partial charge in [-0.3, -0.25) is 9.59 Å². The molecule has 0 saturated carbocycles. The first-order valence-corrected chi connectivity index (χ1v) is 11.3. The van der Waals surface area contributed by atoms with Crippen molar-refractivity contribution in [2.24, 2.45) is 0 Å². The third kappa shape index (κ3) is 5.65. The van der Waals surface area contributed by atoms with Crippen molar-refractivity contribution in [3.8, 4) is 0 Å². The minimum atomic E-state index is -1.19. The van der Waals surface area contributed by atoms with Crippen molar-refractivity contribution >= 4 is 46.3 Å². The summed E-state index contributed by atoms with van der Waals surface area (Å²) in [6.45, 7) is 1.70. The van der Waals surface area contributed by atoms with Gasteiger partial charge in [-0.2, -0.15) is 0 Å². The number of anilines is 3.